The molecule has 2 heterocycles. The van der Waals surface area contributed by atoms with Crippen molar-refractivity contribution in [3.8, 4) is 0 Å². The highest BCUT2D eigenvalue weighted by atomic mass is 16.2. The third-order valence-corrected chi connectivity index (χ3v) is 4.76. The van der Waals surface area contributed by atoms with Gasteiger partial charge in [-0.15, -0.1) is 0 Å². The Morgan fingerprint density at radius 1 is 1.45 bits per heavy atom. The summed E-state index contributed by atoms with van der Waals surface area (Å²) in [7, 11) is 1.90. The lowest BCUT2D eigenvalue weighted by atomic mass is 9.85. The predicted molar refractivity (Wildman–Crippen MR) is 77.2 cm³/mol. The summed E-state index contributed by atoms with van der Waals surface area (Å²) in [4.78, 5) is 14.3. The predicted octanol–water partition coefficient (Wildman–Crippen LogP) is 1.26. The quantitative estimate of drug-likeness (QED) is 0.901. The topological polar surface area (TPSA) is 50.2 Å². The summed E-state index contributed by atoms with van der Waals surface area (Å²) in [6, 6.07) is 2.52. The van der Waals surface area contributed by atoms with E-state index in [2.05, 4.69) is 10.4 Å². The molecule has 1 saturated heterocycles. The molecule has 0 aromatic carbocycles. The Morgan fingerprint density at radius 3 is 3.05 bits per heavy atom. The Labute approximate surface area is 120 Å². The van der Waals surface area contributed by atoms with Gasteiger partial charge < -0.3 is 10.2 Å². The molecule has 1 aliphatic carbocycles. The van der Waals surface area contributed by atoms with Crippen LogP contribution in [0.3, 0.4) is 0 Å². The van der Waals surface area contributed by atoms with Gasteiger partial charge in [0.1, 0.15) is 0 Å². The van der Waals surface area contributed by atoms with Crippen molar-refractivity contribution < 1.29 is 4.79 Å². The second-order valence-electron chi connectivity index (χ2n) is 6.13. The van der Waals surface area contributed by atoms with Gasteiger partial charge in [0.15, 0.2) is 0 Å². The number of carbonyl (C=O) groups excluding carboxylic acids is 1. The SMILES string of the molecule is CN(CCn1cccn1)C(=O)C1CC2CCCCC2N1. The number of rotatable bonds is 4. The average molecular weight is 276 g/mol. The minimum absolute atomic E-state index is 0.0331. The van der Waals surface area contributed by atoms with E-state index in [9.17, 15) is 4.79 Å². The third kappa shape index (κ3) is 2.87. The van der Waals surface area contributed by atoms with Gasteiger partial charge >= 0.3 is 0 Å². The molecule has 0 radical (unpaired) electrons. The molecule has 1 amide bonds. The molecule has 1 N–H and O–H groups in total. The molecule has 1 aromatic rings. The van der Waals surface area contributed by atoms with Crippen LogP contribution in [-0.4, -0.2) is 46.3 Å². The first-order chi connectivity index (χ1) is 9.74. The Bertz CT molecular complexity index is 431. The summed E-state index contributed by atoms with van der Waals surface area (Å²) >= 11 is 0. The summed E-state index contributed by atoms with van der Waals surface area (Å²) < 4.78 is 1.87. The fourth-order valence-corrected chi connectivity index (χ4v) is 3.57. The van der Waals surface area contributed by atoms with E-state index in [1.165, 1.54) is 25.7 Å². The van der Waals surface area contributed by atoms with E-state index < -0.39 is 0 Å². The molecule has 3 atom stereocenters. The molecule has 3 rings (SSSR count). The first-order valence-electron chi connectivity index (χ1n) is 7.72. The molecule has 0 spiro atoms. The van der Waals surface area contributed by atoms with Crippen LogP contribution in [0.5, 0.6) is 0 Å². The Hall–Kier alpha value is -1.36. The van der Waals surface area contributed by atoms with Gasteiger partial charge in [0.25, 0.3) is 0 Å². The van der Waals surface area contributed by atoms with E-state index in [1.807, 2.05) is 28.9 Å². The van der Waals surface area contributed by atoms with Gasteiger partial charge in [-0.3, -0.25) is 9.48 Å². The van der Waals surface area contributed by atoms with Gasteiger partial charge in [0.05, 0.1) is 12.6 Å². The van der Waals surface area contributed by atoms with Gasteiger partial charge in [-0.25, -0.2) is 0 Å². The fourth-order valence-electron chi connectivity index (χ4n) is 3.57. The van der Waals surface area contributed by atoms with Gasteiger partial charge in [0.2, 0.25) is 5.91 Å². The zero-order valence-corrected chi connectivity index (χ0v) is 12.2. The highest BCUT2D eigenvalue weighted by Gasteiger charge is 2.38. The molecule has 20 heavy (non-hydrogen) atoms. The van der Waals surface area contributed by atoms with Gasteiger partial charge in [0, 0.05) is 32.0 Å². The maximum absolute atomic E-state index is 12.5. The smallest absolute Gasteiger partial charge is 0.239 e. The average Bonchev–Trinajstić information content (AvgIpc) is 3.12. The van der Waals surface area contributed by atoms with E-state index >= 15 is 0 Å². The second kappa shape index (κ2) is 5.95. The zero-order chi connectivity index (χ0) is 13.9. The lowest BCUT2D eigenvalue weighted by Gasteiger charge is -2.24. The largest absolute Gasteiger partial charge is 0.343 e. The van der Waals surface area contributed by atoms with E-state index in [0.29, 0.717) is 12.6 Å². The third-order valence-electron chi connectivity index (χ3n) is 4.76. The van der Waals surface area contributed by atoms with Crippen molar-refractivity contribution in [3.05, 3.63) is 18.5 Å². The monoisotopic (exact) mass is 276 g/mol. The van der Waals surface area contributed by atoms with Crippen molar-refractivity contribution in [2.75, 3.05) is 13.6 Å². The van der Waals surface area contributed by atoms with Crippen LogP contribution in [0.25, 0.3) is 0 Å². The molecular weight excluding hydrogens is 252 g/mol. The zero-order valence-electron chi connectivity index (χ0n) is 12.2. The van der Waals surface area contributed by atoms with Crippen LogP contribution in [0.1, 0.15) is 32.1 Å². The molecule has 0 bridgehead atoms. The molecule has 1 saturated carbocycles. The molecule has 110 valence electrons. The number of carbonyl (C=O) groups is 1. The highest BCUT2D eigenvalue weighted by Crippen LogP contribution is 2.33. The minimum Gasteiger partial charge on any atom is -0.343 e. The van der Waals surface area contributed by atoms with Crippen LogP contribution in [0.15, 0.2) is 18.5 Å². The number of amides is 1. The Morgan fingerprint density at radius 2 is 2.30 bits per heavy atom. The maximum Gasteiger partial charge on any atom is 0.239 e. The molecule has 5 heteroatoms. The Balaban J connectivity index is 1.50. The van der Waals surface area contributed by atoms with E-state index in [-0.39, 0.29) is 11.9 Å². The summed E-state index contributed by atoms with van der Waals surface area (Å²) in [5, 5.41) is 7.72. The second-order valence-corrected chi connectivity index (χ2v) is 6.13. The molecule has 2 fully saturated rings. The normalized spacial score (nSPS) is 29.1. The molecule has 1 aromatic heterocycles. The van der Waals surface area contributed by atoms with Crippen molar-refractivity contribution in [1.29, 1.82) is 0 Å². The van der Waals surface area contributed by atoms with Crippen LogP contribution in [-0.2, 0) is 11.3 Å². The summed E-state index contributed by atoms with van der Waals surface area (Å²) in [6.07, 6.45) is 9.90. The van der Waals surface area contributed by atoms with E-state index in [1.54, 1.807) is 6.20 Å². The Kier molecular flexibility index (Phi) is 4.05. The molecule has 3 unspecified atom stereocenters. The first kappa shape index (κ1) is 13.6. The van der Waals surface area contributed by atoms with Crippen LogP contribution in [0, 0.1) is 5.92 Å². The van der Waals surface area contributed by atoms with Crippen LogP contribution in [0.4, 0.5) is 0 Å². The van der Waals surface area contributed by atoms with Crippen LogP contribution >= 0.6 is 0 Å². The number of hydrogen-bond acceptors (Lipinski definition) is 3. The van der Waals surface area contributed by atoms with Gasteiger partial charge in [-0.1, -0.05) is 12.8 Å². The number of fused-ring (bicyclic) bond motifs is 1. The number of hydrogen-bond donors (Lipinski definition) is 1. The van der Waals surface area contributed by atoms with Crippen molar-refractivity contribution in [3.63, 3.8) is 0 Å². The number of nitrogens with zero attached hydrogens (tertiary/aromatic N) is 3. The first-order valence-corrected chi connectivity index (χ1v) is 7.72. The lowest BCUT2D eigenvalue weighted by Crippen LogP contribution is -2.44. The van der Waals surface area contributed by atoms with Crippen molar-refractivity contribution >= 4 is 5.91 Å². The van der Waals surface area contributed by atoms with Gasteiger partial charge in [-0.05, 0) is 31.2 Å². The molecule has 5 nitrogen and oxygen atoms in total. The van der Waals surface area contributed by atoms with Crippen LogP contribution in [0.2, 0.25) is 0 Å². The summed E-state index contributed by atoms with van der Waals surface area (Å²) in [6.45, 7) is 1.48. The fraction of sp³-hybridized carbons (Fsp3) is 0.733. The van der Waals surface area contributed by atoms with E-state index in [4.69, 9.17) is 0 Å². The standard InChI is InChI=1S/C15H24N4O/c1-18(9-10-19-8-4-7-16-19)15(20)14-11-12-5-2-3-6-13(12)17-14/h4,7-8,12-14,17H,2-3,5-6,9-11H2,1H3. The number of nitrogens with one attached hydrogen (secondary N) is 1. The maximum atomic E-state index is 12.5. The molecular formula is C15H24N4O. The summed E-state index contributed by atoms with van der Waals surface area (Å²) in [5.41, 5.74) is 0. The number of aromatic nitrogens is 2. The minimum atomic E-state index is 0.0331. The van der Waals surface area contributed by atoms with Crippen LogP contribution < -0.4 is 5.32 Å². The van der Waals surface area contributed by atoms with E-state index in [0.717, 1.165) is 18.9 Å². The van der Waals surface area contributed by atoms with Crippen molar-refractivity contribution in [1.82, 2.24) is 20.0 Å². The van der Waals surface area contributed by atoms with Crippen molar-refractivity contribution in [2.45, 2.75) is 50.7 Å². The van der Waals surface area contributed by atoms with Gasteiger partial charge in [-0.2, -0.15) is 5.10 Å². The molecule has 1 aliphatic heterocycles. The summed E-state index contributed by atoms with van der Waals surface area (Å²) in [5.74, 6) is 0.962. The molecule has 2 aliphatic rings. The van der Waals surface area contributed by atoms with Crippen molar-refractivity contribution in [2.24, 2.45) is 5.92 Å². The number of likely N-dealkylation sites (N-methyl/N-ethyl adjacent to an activating group) is 1. The lowest BCUT2D eigenvalue weighted by molar-refractivity contribution is -0.132. The highest BCUT2D eigenvalue weighted by molar-refractivity contribution is 5.82.